The van der Waals surface area contributed by atoms with Crippen LogP contribution in [0.15, 0.2) is 0 Å². The van der Waals surface area contributed by atoms with E-state index < -0.39 is 15.5 Å². The molecule has 25 heavy (non-hydrogen) atoms. The largest absolute Gasteiger partial charge is 0.585 e. The maximum Gasteiger partial charge on any atom is 0.170 e. The van der Waals surface area contributed by atoms with Gasteiger partial charge in [-0.3, -0.25) is 0 Å². The van der Waals surface area contributed by atoms with E-state index in [9.17, 15) is 0 Å². The highest BCUT2D eigenvalue weighted by atomic mass is 79.9. The standard InChI is InChI=1S/C21H46N.BrO2/c1-5-6-7-8-9-10-11-12-13-14-15-16-17-18-19-20-21-22(2,3)4;2-1-3/h5-21H2,1-4H3;/q+1;-1. The molecule has 0 atom stereocenters. The summed E-state index contributed by atoms with van der Waals surface area (Å²) >= 11 is -1.44. The first-order chi connectivity index (χ1) is 12.0. The molecule has 0 N–H and O–H groups in total. The van der Waals surface area contributed by atoms with E-state index in [2.05, 4.69) is 28.1 Å². The summed E-state index contributed by atoms with van der Waals surface area (Å²) in [7, 11) is 6.89. The van der Waals surface area contributed by atoms with Crippen molar-refractivity contribution in [3.63, 3.8) is 0 Å². The van der Waals surface area contributed by atoms with Crippen molar-refractivity contribution in [1.82, 2.24) is 0 Å². The molecule has 0 aliphatic heterocycles. The zero-order chi connectivity index (χ0) is 19.2. The van der Waals surface area contributed by atoms with Gasteiger partial charge in [-0.2, -0.15) is 0 Å². The number of hydrogen-bond acceptors (Lipinski definition) is 2. The highest BCUT2D eigenvalue weighted by Crippen LogP contribution is 2.13. The van der Waals surface area contributed by atoms with E-state index in [4.69, 9.17) is 8.40 Å². The van der Waals surface area contributed by atoms with Crippen LogP contribution in [0.5, 0.6) is 0 Å². The van der Waals surface area contributed by atoms with Crippen LogP contribution in [0.2, 0.25) is 0 Å². The van der Waals surface area contributed by atoms with Gasteiger partial charge >= 0.3 is 0 Å². The van der Waals surface area contributed by atoms with E-state index in [-0.39, 0.29) is 0 Å². The molecule has 0 aromatic heterocycles. The Kier molecular flexibility index (Phi) is 24.7. The van der Waals surface area contributed by atoms with Gasteiger partial charge in [-0.1, -0.05) is 96.8 Å². The molecular weight excluding hydrogens is 378 g/mol. The lowest BCUT2D eigenvalue weighted by Gasteiger charge is -2.23. The van der Waals surface area contributed by atoms with Crippen LogP contribution in [-0.2, 0) is 0 Å². The van der Waals surface area contributed by atoms with Gasteiger partial charge in [0.1, 0.15) is 0 Å². The van der Waals surface area contributed by atoms with Crippen molar-refractivity contribution in [3.8, 4) is 0 Å². The summed E-state index contributed by atoms with van der Waals surface area (Å²) in [6.07, 6.45) is 23.4. The fraction of sp³-hybridized carbons (Fsp3) is 1.00. The summed E-state index contributed by atoms with van der Waals surface area (Å²) in [6.45, 7) is 3.63. The molecule has 0 bridgehead atoms. The van der Waals surface area contributed by atoms with Crippen LogP contribution in [-0.4, -0.2) is 32.2 Å². The van der Waals surface area contributed by atoms with Gasteiger partial charge in [0.15, 0.2) is 15.5 Å². The fourth-order valence-electron chi connectivity index (χ4n) is 3.13. The minimum absolute atomic E-state index is 1.12. The van der Waals surface area contributed by atoms with E-state index in [1.807, 2.05) is 0 Å². The van der Waals surface area contributed by atoms with E-state index in [1.54, 1.807) is 0 Å². The van der Waals surface area contributed by atoms with Crippen LogP contribution in [0.4, 0.5) is 0 Å². The second-order valence-corrected chi connectivity index (χ2v) is 8.64. The molecule has 0 saturated heterocycles. The predicted octanol–water partition coefficient (Wildman–Crippen LogP) is 4.58. The lowest BCUT2D eigenvalue weighted by atomic mass is 10.0. The van der Waals surface area contributed by atoms with Gasteiger partial charge in [-0.15, -0.1) is 0 Å². The Bertz CT molecular complexity index is 232. The lowest BCUT2D eigenvalue weighted by molar-refractivity contribution is -1.41. The molecule has 0 aliphatic rings. The second-order valence-electron chi connectivity index (χ2n) is 8.38. The molecule has 154 valence electrons. The highest BCUT2D eigenvalue weighted by Gasteiger charge is 2.04. The quantitative estimate of drug-likeness (QED) is 0.254. The smallest absolute Gasteiger partial charge is 0.170 e. The molecule has 0 heterocycles. The van der Waals surface area contributed by atoms with E-state index in [0.717, 1.165) is 4.48 Å². The predicted molar refractivity (Wildman–Crippen MR) is 102 cm³/mol. The Hall–Kier alpha value is 0.360. The number of rotatable bonds is 17. The SMILES string of the molecule is CCCCCCCCCCCCCCCCCC[N+](C)(C)C.[O-][Br+][O-]. The summed E-state index contributed by atoms with van der Waals surface area (Å²) in [6, 6.07) is 0. The topological polar surface area (TPSA) is 46.1 Å². The average molecular weight is 425 g/mol. The molecule has 0 saturated carbocycles. The van der Waals surface area contributed by atoms with Crippen molar-refractivity contribution < 1.29 is 28.4 Å². The molecule has 0 unspecified atom stereocenters. The van der Waals surface area contributed by atoms with Crippen LogP contribution in [0.25, 0.3) is 0 Å². The summed E-state index contributed by atoms with van der Waals surface area (Å²) in [5.74, 6) is 0. The van der Waals surface area contributed by atoms with Crippen LogP contribution < -0.4 is 8.40 Å². The molecule has 0 aromatic carbocycles. The first kappa shape index (κ1) is 27.6. The number of unbranched alkanes of at least 4 members (excludes halogenated alkanes) is 15. The number of quaternary nitrogens is 1. The van der Waals surface area contributed by atoms with Gasteiger partial charge in [0.25, 0.3) is 0 Å². The van der Waals surface area contributed by atoms with Gasteiger partial charge in [-0.25, -0.2) is 0 Å². The zero-order valence-corrected chi connectivity index (χ0v) is 19.2. The maximum atomic E-state index is 8.41. The average Bonchev–Trinajstić information content (AvgIpc) is 2.54. The maximum absolute atomic E-state index is 8.41. The summed E-state index contributed by atoms with van der Waals surface area (Å²) in [4.78, 5) is 0. The van der Waals surface area contributed by atoms with Crippen molar-refractivity contribution in [3.05, 3.63) is 0 Å². The molecule has 0 amide bonds. The molecule has 0 aromatic rings. The molecule has 4 heteroatoms. The fourth-order valence-corrected chi connectivity index (χ4v) is 3.13. The lowest BCUT2D eigenvalue weighted by Crippen LogP contribution is -2.35. The van der Waals surface area contributed by atoms with Gasteiger partial charge in [0.2, 0.25) is 0 Å². The van der Waals surface area contributed by atoms with Gasteiger partial charge in [0.05, 0.1) is 27.7 Å². The molecule has 0 fully saturated rings. The normalized spacial score (nSPS) is 11.3. The zero-order valence-electron chi connectivity index (χ0n) is 17.7. The molecule has 0 rings (SSSR count). The molecule has 0 aliphatic carbocycles. The Labute approximate surface area is 165 Å². The molecule has 0 radical (unpaired) electrons. The Balaban J connectivity index is 0. The van der Waals surface area contributed by atoms with E-state index in [1.165, 1.54) is 109 Å². The van der Waals surface area contributed by atoms with E-state index in [0.29, 0.717) is 0 Å². The molecular formula is C21H46BrNO2. The minimum Gasteiger partial charge on any atom is -0.585 e. The van der Waals surface area contributed by atoms with Crippen LogP contribution >= 0.6 is 0 Å². The number of nitrogens with zero attached hydrogens (tertiary/aromatic N) is 1. The third-order valence-corrected chi connectivity index (χ3v) is 4.68. The monoisotopic (exact) mass is 423 g/mol. The third-order valence-electron chi connectivity index (χ3n) is 4.68. The Morgan fingerprint density at radius 2 is 0.760 bits per heavy atom. The summed E-state index contributed by atoms with van der Waals surface area (Å²) in [5.41, 5.74) is 0. The first-order valence-corrected chi connectivity index (χ1v) is 12.0. The first-order valence-electron chi connectivity index (χ1n) is 10.7. The van der Waals surface area contributed by atoms with Crippen molar-refractivity contribution in [2.45, 2.75) is 110 Å². The van der Waals surface area contributed by atoms with Gasteiger partial charge in [0, 0.05) is 0 Å². The van der Waals surface area contributed by atoms with E-state index >= 15 is 0 Å². The van der Waals surface area contributed by atoms with Crippen molar-refractivity contribution >= 4 is 0 Å². The van der Waals surface area contributed by atoms with Crippen LogP contribution in [0.1, 0.15) is 110 Å². The van der Waals surface area contributed by atoms with Gasteiger partial charge < -0.3 is 12.9 Å². The van der Waals surface area contributed by atoms with Crippen LogP contribution in [0, 0.1) is 15.5 Å². The summed E-state index contributed by atoms with van der Waals surface area (Å²) in [5, 5.41) is 0. The second kappa shape index (κ2) is 22.4. The summed E-state index contributed by atoms with van der Waals surface area (Å²) < 4.78 is 17.9. The molecule has 0 spiro atoms. The van der Waals surface area contributed by atoms with Gasteiger partial charge in [-0.05, 0) is 12.8 Å². The number of hydrogen-bond donors (Lipinski definition) is 0. The van der Waals surface area contributed by atoms with Crippen molar-refractivity contribution in [1.29, 1.82) is 0 Å². The molecule has 3 nitrogen and oxygen atoms in total. The van der Waals surface area contributed by atoms with Crippen molar-refractivity contribution in [2.75, 3.05) is 27.7 Å². The van der Waals surface area contributed by atoms with Crippen molar-refractivity contribution in [2.24, 2.45) is 0 Å². The highest BCUT2D eigenvalue weighted by molar-refractivity contribution is 4.49. The Morgan fingerprint density at radius 3 is 1.00 bits per heavy atom. The van der Waals surface area contributed by atoms with Crippen LogP contribution in [0.3, 0.4) is 0 Å². The Morgan fingerprint density at radius 1 is 0.520 bits per heavy atom. The third kappa shape index (κ3) is 32.5. The minimum atomic E-state index is -1.44. The number of halogens is 1.